The van der Waals surface area contributed by atoms with E-state index >= 15 is 0 Å². The van der Waals surface area contributed by atoms with E-state index in [9.17, 15) is 26.3 Å². The van der Waals surface area contributed by atoms with Crippen LogP contribution in [0.3, 0.4) is 0 Å². The van der Waals surface area contributed by atoms with E-state index in [1.807, 2.05) is 0 Å². The number of alkyl halides is 6. The first-order valence-electron chi connectivity index (χ1n) is 3.98. The van der Waals surface area contributed by atoms with Gasteiger partial charge in [-0.2, -0.15) is 26.3 Å². The fourth-order valence-electron chi connectivity index (χ4n) is 1.20. The standard InChI is InChI=1S/C9H5F6I/c1-4-2-6(9(13,14)15)7(16)3-5(4)8(10,11)12/h2-3H,1H3. The first-order valence-corrected chi connectivity index (χ1v) is 5.06. The Labute approximate surface area is 101 Å². The second-order valence-electron chi connectivity index (χ2n) is 3.14. The van der Waals surface area contributed by atoms with Crippen LogP contribution in [0.2, 0.25) is 0 Å². The summed E-state index contributed by atoms with van der Waals surface area (Å²) >= 11 is 1.25. The second kappa shape index (κ2) is 4.08. The highest BCUT2D eigenvalue weighted by Gasteiger charge is 2.37. The van der Waals surface area contributed by atoms with Crippen molar-refractivity contribution in [3.05, 3.63) is 32.4 Å². The Morgan fingerprint density at radius 3 is 1.69 bits per heavy atom. The van der Waals surface area contributed by atoms with Crippen molar-refractivity contribution in [1.82, 2.24) is 0 Å². The predicted octanol–water partition coefficient (Wildman–Crippen LogP) is 4.64. The van der Waals surface area contributed by atoms with Gasteiger partial charge in [-0.15, -0.1) is 0 Å². The van der Waals surface area contributed by atoms with E-state index in [2.05, 4.69) is 0 Å². The Bertz CT molecular complexity index is 364. The van der Waals surface area contributed by atoms with Gasteiger partial charge in [-0.3, -0.25) is 0 Å². The first kappa shape index (κ1) is 13.6. The maximum Gasteiger partial charge on any atom is 0.417 e. The van der Waals surface area contributed by atoms with Crippen LogP contribution in [-0.2, 0) is 12.4 Å². The Morgan fingerprint density at radius 2 is 1.31 bits per heavy atom. The van der Waals surface area contributed by atoms with Gasteiger partial charge in [0.05, 0.1) is 11.1 Å². The quantitative estimate of drug-likeness (QED) is 0.471. The lowest BCUT2D eigenvalue weighted by Crippen LogP contribution is -2.13. The normalized spacial score (nSPS) is 13.0. The van der Waals surface area contributed by atoms with E-state index < -0.39 is 32.6 Å². The highest BCUT2D eigenvalue weighted by molar-refractivity contribution is 14.1. The van der Waals surface area contributed by atoms with E-state index in [0.717, 1.165) is 6.92 Å². The molecule has 1 aromatic carbocycles. The third-order valence-electron chi connectivity index (χ3n) is 1.92. The Hall–Kier alpha value is -0.470. The van der Waals surface area contributed by atoms with Crippen LogP contribution in [-0.4, -0.2) is 0 Å². The molecule has 0 atom stereocenters. The smallest absolute Gasteiger partial charge is 0.166 e. The van der Waals surface area contributed by atoms with Crippen LogP contribution in [0, 0.1) is 10.5 Å². The Balaban J connectivity index is 3.40. The van der Waals surface area contributed by atoms with E-state index in [1.54, 1.807) is 0 Å². The summed E-state index contributed by atoms with van der Waals surface area (Å²) in [5, 5.41) is 0. The fourth-order valence-corrected chi connectivity index (χ4v) is 1.98. The predicted molar refractivity (Wildman–Crippen MR) is 53.9 cm³/mol. The van der Waals surface area contributed by atoms with Gasteiger partial charge >= 0.3 is 12.4 Å². The van der Waals surface area contributed by atoms with Gasteiger partial charge in [0, 0.05) is 3.57 Å². The third kappa shape index (κ3) is 2.80. The van der Waals surface area contributed by atoms with Crippen LogP contribution in [0.1, 0.15) is 16.7 Å². The lowest BCUT2D eigenvalue weighted by Gasteiger charge is -2.15. The number of aryl methyl sites for hydroxylation is 1. The summed E-state index contributed by atoms with van der Waals surface area (Å²) in [6.07, 6.45) is -9.26. The zero-order chi connectivity index (χ0) is 12.7. The number of benzene rings is 1. The summed E-state index contributed by atoms with van der Waals surface area (Å²) in [7, 11) is 0. The van der Waals surface area contributed by atoms with Crippen molar-refractivity contribution in [1.29, 1.82) is 0 Å². The molecule has 0 heterocycles. The van der Waals surface area contributed by atoms with Crippen molar-refractivity contribution in [3.8, 4) is 0 Å². The van der Waals surface area contributed by atoms with Gasteiger partial charge in [0.1, 0.15) is 0 Å². The minimum Gasteiger partial charge on any atom is -0.166 e. The van der Waals surface area contributed by atoms with Gasteiger partial charge in [-0.1, -0.05) is 0 Å². The van der Waals surface area contributed by atoms with Gasteiger partial charge in [0.15, 0.2) is 0 Å². The monoisotopic (exact) mass is 354 g/mol. The van der Waals surface area contributed by atoms with Crippen molar-refractivity contribution in [2.75, 3.05) is 0 Å². The molecule has 0 bridgehead atoms. The highest BCUT2D eigenvalue weighted by Crippen LogP contribution is 2.38. The molecule has 7 heteroatoms. The molecule has 0 N–H and O–H groups in total. The van der Waals surface area contributed by atoms with Crippen LogP contribution in [0.15, 0.2) is 12.1 Å². The van der Waals surface area contributed by atoms with Gasteiger partial charge in [0.2, 0.25) is 0 Å². The molecule has 0 amide bonds. The Morgan fingerprint density at radius 1 is 0.875 bits per heavy atom. The molecule has 0 nitrogen and oxygen atoms in total. The largest absolute Gasteiger partial charge is 0.417 e. The van der Waals surface area contributed by atoms with Gasteiger partial charge in [-0.05, 0) is 47.2 Å². The summed E-state index contributed by atoms with van der Waals surface area (Å²) < 4.78 is 73.8. The van der Waals surface area contributed by atoms with Crippen molar-refractivity contribution in [2.24, 2.45) is 0 Å². The third-order valence-corrected chi connectivity index (χ3v) is 2.82. The van der Waals surface area contributed by atoms with Crippen molar-refractivity contribution >= 4 is 22.6 Å². The number of hydrogen-bond donors (Lipinski definition) is 0. The Kier molecular flexibility index (Phi) is 3.47. The van der Waals surface area contributed by atoms with E-state index in [1.165, 1.54) is 22.6 Å². The average Bonchev–Trinajstić information content (AvgIpc) is 2.04. The van der Waals surface area contributed by atoms with Crippen molar-refractivity contribution in [2.45, 2.75) is 19.3 Å². The van der Waals surface area contributed by atoms with Gasteiger partial charge < -0.3 is 0 Å². The molecule has 0 aliphatic rings. The fraction of sp³-hybridized carbons (Fsp3) is 0.333. The molecule has 90 valence electrons. The van der Waals surface area contributed by atoms with Crippen LogP contribution >= 0.6 is 22.6 Å². The lowest BCUT2D eigenvalue weighted by molar-refractivity contribution is -0.142. The summed E-state index contributed by atoms with van der Waals surface area (Å²) in [4.78, 5) is 0. The first-order chi connectivity index (χ1) is 7.03. The maximum absolute atomic E-state index is 12.4. The molecule has 0 aromatic heterocycles. The van der Waals surface area contributed by atoms with Crippen LogP contribution in [0.25, 0.3) is 0 Å². The molecule has 0 unspecified atom stereocenters. The van der Waals surface area contributed by atoms with Crippen LogP contribution in [0.5, 0.6) is 0 Å². The lowest BCUT2D eigenvalue weighted by atomic mass is 10.0. The highest BCUT2D eigenvalue weighted by atomic mass is 127. The molecular formula is C9H5F6I. The molecule has 1 aromatic rings. The second-order valence-corrected chi connectivity index (χ2v) is 4.30. The molecular weight excluding hydrogens is 349 g/mol. The van der Waals surface area contributed by atoms with E-state index in [4.69, 9.17) is 0 Å². The SMILES string of the molecule is Cc1cc(C(F)(F)F)c(I)cc1C(F)(F)F. The molecule has 0 fully saturated rings. The molecule has 0 spiro atoms. The average molecular weight is 354 g/mol. The molecule has 0 radical (unpaired) electrons. The zero-order valence-corrected chi connectivity index (χ0v) is 9.96. The van der Waals surface area contributed by atoms with Crippen LogP contribution in [0.4, 0.5) is 26.3 Å². The van der Waals surface area contributed by atoms with E-state index in [0.29, 0.717) is 12.1 Å². The number of rotatable bonds is 0. The van der Waals surface area contributed by atoms with Crippen molar-refractivity contribution in [3.63, 3.8) is 0 Å². The summed E-state index contributed by atoms with van der Waals surface area (Å²) in [5.41, 5.74) is -2.51. The molecule has 0 aliphatic heterocycles. The zero-order valence-electron chi connectivity index (χ0n) is 7.80. The molecule has 0 saturated heterocycles. The van der Waals surface area contributed by atoms with Crippen LogP contribution < -0.4 is 0 Å². The minimum atomic E-state index is -4.63. The molecule has 0 saturated carbocycles. The van der Waals surface area contributed by atoms with E-state index in [-0.39, 0.29) is 0 Å². The topological polar surface area (TPSA) is 0 Å². The van der Waals surface area contributed by atoms with Gasteiger partial charge in [-0.25, -0.2) is 0 Å². The molecule has 0 aliphatic carbocycles. The van der Waals surface area contributed by atoms with Gasteiger partial charge in [0.25, 0.3) is 0 Å². The number of halogens is 7. The maximum atomic E-state index is 12.4. The molecule has 16 heavy (non-hydrogen) atoms. The number of hydrogen-bond acceptors (Lipinski definition) is 0. The summed E-state index contributed by atoms with van der Waals surface area (Å²) in [6, 6.07) is 1.03. The summed E-state index contributed by atoms with van der Waals surface area (Å²) in [6.45, 7) is 1.01. The van der Waals surface area contributed by atoms with Crippen molar-refractivity contribution < 1.29 is 26.3 Å². The minimum absolute atomic E-state index is 0.430. The summed E-state index contributed by atoms with van der Waals surface area (Å²) in [5.74, 6) is 0. The molecule has 1 rings (SSSR count).